The fourth-order valence-corrected chi connectivity index (χ4v) is 3.57. The SMILES string of the molecule is Cc1cc(C)cc(CCNC(c2ccccc2)C(N)c2ccccc2)c1. The Balaban J connectivity index is 1.74. The Kier molecular flexibility index (Phi) is 6.21. The van der Waals surface area contributed by atoms with Gasteiger partial charge in [0.1, 0.15) is 0 Å². The van der Waals surface area contributed by atoms with Crippen LogP contribution < -0.4 is 11.1 Å². The molecule has 0 saturated heterocycles. The van der Waals surface area contributed by atoms with Crippen LogP contribution in [0.5, 0.6) is 0 Å². The van der Waals surface area contributed by atoms with E-state index in [4.69, 9.17) is 5.73 Å². The van der Waals surface area contributed by atoms with Crippen LogP contribution in [-0.2, 0) is 6.42 Å². The third-order valence-electron chi connectivity index (χ3n) is 4.76. The predicted molar refractivity (Wildman–Crippen MR) is 110 cm³/mol. The summed E-state index contributed by atoms with van der Waals surface area (Å²) in [5.74, 6) is 0. The van der Waals surface area contributed by atoms with Gasteiger partial charge in [0, 0.05) is 6.04 Å². The van der Waals surface area contributed by atoms with Gasteiger partial charge in [0.05, 0.1) is 6.04 Å². The molecule has 0 bridgehead atoms. The van der Waals surface area contributed by atoms with Gasteiger partial charge in [0.2, 0.25) is 0 Å². The molecule has 2 nitrogen and oxygen atoms in total. The molecule has 3 N–H and O–H groups in total. The molecule has 0 aliphatic carbocycles. The Labute approximate surface area is 157 Å². The maximum absolute atomic E-state index is 6.64. The molecule has 26 heavy (non-hydrogen) atoms. The molecule has 2 heteroatoms. The monoisotopic (exact) mass is 344 g/mol. The number of nitrogens with one attached hydrogen (secondary N) is 1. The fourth-order valence-electron chi connectivity index (χ4n) is 3.57. The Morgan fingerprint density at radius 1 is 0.769 bits per heavy atom. The summed E-state index contributed by atoms with van der Waals surface area (Å²) < 4.78 is 0. The van der Waals surface area contributed by atoms with Crippen LogP contribution in [-0.4, -0.2) is 6.54 Å². The van der Waals surface area contributed by atoms with Gasteiger partial charge in [-0.15, -0.1) is 0 Å². The van der Waals surface area contributed by atoms with Crippen molar-refractivity contribution in [1.82, 2.24) is 5.32 Å². The molecule has 0 aliphatic heterocycles. The van der Waals surface area contributed by atoms with Gasteiger partial charge in [-0.25, -0.2) is 0 Å². The summed E-state index contributed by atoms with van der Waals surface area (Å²) in [6, 6.07) is 27.6. The molecule has 3 aromatic carbocycles. The van der Waals surface area contributed by atoms with Gasteiger partial charge in [0.15, 0.2) is 0 Å². The number of rotatable bonds is 7. The first-order valence-electron chi connectivity index (χ1n) is 9.29. The Morgan fingerprint density at radius 2 is 1.31 bits per heavy atom. The Hall–Kier alpha value is -2.42. The van der Waals surface area contributed by atoms with Crippen molar-refractivity contribution in [1.29, 1.82) is 0 Å². The standard InChI is InChI=1S/C24H28N2/c1-18-15-19(2)17-20(16-18)13-14-26-24(22-11-7-4-8-12-22)23(25)21-9-5-3-6-10-21/h3-12,15-17,23-24,26H,13-14,25H2,1-2H3. The predicted octanol–water partition coefficient (Wildman–Crippen LogP) is 4.88. The zero-order valence-corrected chi connectivity index (χ0v) is 15.7. The van der Waals surface area contributed by atoms with Gasteiger partial charge < -0.3 is 11.1 Å². The van der Waals surface area contributed by atoms with Crippen molar-refractivity contribution in [3.8, 4) is 0 Å². The molecule has 2 unspecified atom stereocenters. The molecule has 0 spiro atoms. The highest BCUT2D eigenvalue weighted by atomic mass is 15.0. The van der Waals surface area contributed by atoms with E-state index in [9.17, 15) is 0 Å². The number of aryl methyl sites for hydroxylation is 2. The molecule has 0 aliphatic rings. The lowest BCUT2D eigenvalue weighted by Crippen LogP contribution is -2.33. The van der Waals surface area contributed by atoms with Crippen LogP contribution >= 0.6 is 0 Å². The normalized spacial score (nSPS) is 13.3. The second kappa shape index (κ2) is 8.79. The lowest BCUT2D eigenvalue weighted by atomic mass is 9.94. The molecule has 0 amide bonds. The minimum Gasteiger partial charge on any atom is -0.322 e. The van der Waals surface area contributed by atoms with Crippen molar-refractivity contribution >= 4 is 0 Å². The van der Waals surface area contributed by atoms with E-state index in [1.165, 1.54) is 22.3 Å². The van der Waals surface area contributed by atoms with Gasteiger partial charge >= 0.3 is 0 Å². The largest absolute Gasteiger partial charge is 0.322 e. The van der Waals surface area contributed by atoms with E-state index in [0.717, 1.165) is 18.5 Å². The number of nitrogens with two attached hydrogens (primary N) is 1. The Bertz CT molecular complexity index is 792. The second-order valence-corrected chi connectivity index (χ2v) is 7.02. The first-order valence-corrected chi connectivity index (χ1v) is 9.29. The van der Waals surface area contributed by atoms with E-state index in [0.29, 0.717) is 0 Å². The van der Waals surface area contributed by atoms with Crippen molar-refractivity contribution in [2.45, 2.75) is 32.4 Å². The Morgan fingerprint density at radius 3 is 1.88 bits per heavy atom. The van der Waals surface area contributed by atoms with E-state index < -0.39 is 0 Å². The van der Waals surface area contributed by atoms with Crippen LogP contribution in [0.3, 0.4) is 0 Å². The van der Waals surface area contributed by atoms with Crippen LogP contribution in [0.4, 0.5) is 0 Å². The maximum Gasteiger partial charge on any atom is 0.0516 e. The van der Waals surface area contributed by atoms with Gasteiger partial charge in [-0.1, -0.05) is 90.0 Å². The number of hydrogen-bond donors (Lipinski definition) is 2. The summed E-state index contributed by atoms with van der Waals surface area (Å²) in [4.78, 5) is 0. The summed E-state index contributed by atoms with van der Waals surface area (Å²) in [5, 5.41) is 3.70. The third kappa shape index (κ3) is 4.81. The van der Waals surface area contributed by atoms with E-state index in [-0.39, 0.29) is 12.1 Å². The first kappa shape index (κ1) is 18.4. The van der Waals surface area contributed by atoms with Crippen molar-refractivity contribution in [2.24, 2.45) is 5.73 Å². The highest BCUT2D eigenvalue weighted by Gasteiger charge is 2.20. The molecule has 0 radical (unpaired) electrons. The van der Waals surface area contributed by atoms with E-state index in [2.05, 4.69) is 73.8 Å². The lowest BCUT2D eigenvalue weighted by molar-refractivity contribution is 0.456. The maximum atomic E-state index is 6.64. The average molecular weight is 345 g/mol. The summed E-state index contributed by atoms with van der Waals surface area (Å²) in [7, 11) is 0. The minimum atomic E-state index is -0.0853. The quantitative estimate of drug-likeness (QED) is 0.641. The van der Waals surface area contributed by atoms with E-state index >= 15 is 0 Å². The van der Waals surface area contributed by atoms with Crippen LogP contribution in [0.15, 0.2) is 78.9 Å². The van der Waals surface area contributed by atoms with Gasteiger partial charge in [-0.05, 0) is 43.5 Å². The molecule has 0 heterocycles. The molecular weight excluding hydrogens is 316 g/mol. The van der Waals surface area contributed by atoms with Crippen molar-refractivity contribution in [2.75, 3.05) is 6.54 Å². The molecule has 3 rings (SSSR count). The summed E-state index contributed by atoms with van der Waals surface area (Å²) >= 11 is 0. The van der Waals surface area contributed by atoms with Crippen LogP contribution in [0, 0.1) is 13.8 Å². The van der Waals surface area contributed by atoms with Crippen LogP contribution in [0.1, 0.15) is 39.9 Å². The van der Waals surface area contributed by atoms with Crippen LogP contribution in [0.25, 0.3) is 0 Å². The lowest BCUT2D eigenvalue weighted by Gasteiger charge is -2.26. The molecule has 2 atom stereocenters. The minimum absolute atomic E-state index is 0.0853. The molecule has 134 valence electrons. The molecular formula is C24H28N2. The molecule has 3 aromatic rings. The zero-order chi connectivity index (χ0) is 18.4. The van der Waals surface area contributed by atoms with Crippen molar-refractivity contribution < 1.29 is 0 Å². The molecule has 0 saturated carbocycles. The van der Waals surface area contributed by atoms with Gasteiger partial charge in [0.25, 0.3) is 0 Å². The molecule has 0 fully saturated rings. The van der Waals surface area contributed by atoms with Gasteiger partial charge in [-0.2, -0.15) is 0 Å². The topological polar surface area (TPSA) is 38.0 Å². The number of benzene rings is 3. The zero-order valence-electron chi connectivity index (χ0n) is 15.7. The number of hydrogen-bond acceptors (Lipinski definition) is 2. The summed E-state index contributed by atoms with van der Waals surface area (Å²) in [6.45, 7) is 5.20. The van der Waals surface area contributed by atoms with E-state index in [1.54, 1.807) is 0 Å². The highest BCUT2D eigenvalue weighted by Crippen LogP contribution is 2.26. The average Bonchev–Trinajstić information content (AvgIpc) is 2.65. The second-order valence-electron chi connectivity index (χ2n) is 7.02. The van der Waals surface area contributed by atoms with Crippen molar-refractivity contribution in [3.63, 3.8) is 0 Å². The van der Waals surface area contributed by atoms with Crippen LogP contribution in [0.2, 0.25) is 0 Å². The third-order valence-corrected chi connectivity index (χ3v) is 4.76. The van der Waals surface area contributed by atoms with E-state index in [1.807, 2.05) is 24.3 Å². The fraction of sp³-hybridized carbons (Fsp3) is 0.250. The molecule has 0 aromatic heterocycles. The first-order chi connectivity index (χ1) is 12.6. The summed E-state index contributed by atoms with van der Waals surface area (Å²) in [5.41, 5.74) is 13.0. The summed E-state index contributed by atoms with van der Waals surface area (Å²) in [6.07, 6.45) is 0.993. The van der Waals surface area contributed by atoms with Crippen molar-refractivity contribution in [3.05, 3.63) is 107 Å². The van der Waals surface area contributed by atoms with Gasteiger partial charge in [-0.3, -0.25) is 0 Å². The smallest absolute Gasteiger partial charge is 0.0516 e. The highest BCUT2D eigenvalue weighted by molar-refractivity contribution is 5.29.